The predicted octanol–water partition coefficient (Wildman–Crippen LogP) is 3.43. The SMILES string of the molecule is C=C(C[C@H]1CCCC[C@@H]1O)CC(O)(CC)CC. The van der Waals surface area contributed by atoms with E-state index < -0.39 is 5.60 Å². The molecule has 0 aromatic carbocycles. The maximum absolute atomic E-state index is 10.3. The molecule has 1 saturated carbocycles. The van der Waals surface area contributed by atoms with Crippen molar-refractivity contribution >= 4 is 0 Å². The molecule has 100 valence electrons. The first-order valence-corrected chi connectivity index (χ1v) is 7.08. The van der Waals surface area contributed by atoms with Crippen LogP contribution in [0.25, 0.3) is 0 Å². The molecule has 0 bridgehead atoms. The van der Waals surface area contributed by atoms with Crippen LogP contribution in [0.1, 0.15) is 65.2 Å². The molecule has 2 nitrogen and oxygen atoms in total. The van der Waals surface area contributed by atoms with Crippen LogP contribution < -0.4 is 0 Å². The average molecular weight is 240 g/mol. The average Bonchev–Trinajstić information content (AvgIpc) is 2.32. The second-order valence-corrected chi connectivity index (χ2v) is 5.67. The Morgan fingerprint density at radius 2 is 1.82 bits per heavy atom. The second-order valence-electron chi connectivity index (χ2n) is 5.67. The third-order valence-electron chi connectivity index (χ3n) is 4.32. The van der Waals surface area contributed by atoms with Gasteiger partial charge in [0.1, 0.15) is 0 Å². The number of aliphatic hydroxyl groups excluding tert-OH is 1. The standard InChI is InChI=1S/C15H28O2/c1-4-15(17,5-2)11-12(3)10-13-8-6-7-9-14(13)16/h13-14,16-17H,3-11H2,1-2H3/t13-,14+/m1/s1. The molecule has 2 heteroatoms. The zero-order valence-electron chi connectivity index (χ0n) is 11.4. The molecule has 0 heterocycles. The minimum atomic E-state index is -0.587. The summed E-state index contributed by atoms with van der Waals surface area (Å²) in [4.78, 5) is 0. The van der Waals surface area contributed by atoms with Crippen molar-refractivity contribution in [2.24, 2.45) is 5.92 Å². The van der Waals surface area contributed by atoms with Crippen molar-refractivity contribution in [2.45, 2.75) is 76.9 Å². The van der Waals surface area contributed by atoms with E-state index in [9.17, 15) is 10.2 Å². The molecule has 1 rings (SSSR count). The maximum atomic E-state index is 10.3. The Morgan fingerprint density at radius 1 is 1.24 bits per heavy atom. The number of aliphatic hydroxyl groups is 2. The van der Waals surface area contributed by atoms with Crippen molar-refractivity contribution in [3.63, 3.8) is 0 Å². The third kappa shape index (κ3) is 4.44. The van der Waals surface area contributed by atoms with E-state index in [1.54, 1.807) is 0 Å². The van der Waals surface area contributed by atoms with Gasteiger partial charge in [0, 0.05) is 0 Å². The van der Waals surface area contributed by atoms with E-state index in [2.05, 4.69) is 6.58 Å². The fraction of sp³-hybridized carbons (Fsp3) is 0.867. The molecular weight excluding hydrogens is 212 g/mol. The van der Waals surface area contributed by atoms with Gasteiger partial charge in [0.2, 0.25) is 0 Å². The molecular formula is C15H28O2. The zero-order valence-corrected chi connectivity index (χ0v) is 11.4. The lowest BCUT2D eigenvalue weighted by Crippen LogP contribution is -2.29. The monoisotopic (exact) mass is 240 g/mol. The highest BCUT2D eigenvalue weighted by atomic mass is 16.3. The van der Waals surface area contributed by atoms with Gasteiger partial charge in [-0.2, -0.15) is 0 Å². The van der Waals surface area contributed by atoms with Crippen LogP contribution in [0.5, 0.6) is 0 Å². The van der Waals surface area contributed by atoms with Crippen LogP contribution >= 0.6 is 0 Å². The van der Waals surface area contributed by atoms with Gasteiger partial charge in [0.15, 0.2) is 0 Å². The van der Waals surface area contributed by atoms with Gasteiger partial charge in [-0.05, 0) is 44.4 Å². The van der Waals surface area contributed by atoms with Crippen molar-refractivity contribution in [3.8, 4) is 0 Å². The molecule has 0 spiro atoms. The van der Waals surface area contributed by atoms with Gasteiger partial charge < -0.3 is 10.2 Å². The summed E-state index contributed by atoms with van der Waals surface area (Å²) in [6.07, 6.45) is 7.37. The molecule has 2 N–H and O–H groups in total. The Morgan fingerprint density at radius 3 is 2.35 bits per heavy atom. The van der Waals surface area contributed by atoms with Gasteiger partial charge in [-0.15, -0.1) is 0 Å². The van der Waals surface area contributed by atoms with Crippen molar-refractivity contribution < 1.29 is 10.2 Å². The predicted molar refractivity (Wildman–Crippen MR) is 71.9 cm³/mol. The second kappa shape index (κ2) is 6.55. The molecule has 0 radical (unpaired) electrons. The van der Waals surface area contributed by atoms with Gasteiger partial charge in [0.25, 0.3) is 0 Å². The summed E-state index contributed by atoms with van der Waals surface area (Å²) in [6, 6.07) is 0. The Labute approximate surface area is 106 Å². The minimum absolute atomic E-state index is 0.156. The molecule has 0 aromatic rings. The van der Waals surface area contributed by atoms with Crippen LogP contribution in [-0.4, -0.2) is 21.9 Å². The normalized spacial score (nSPS) is 25.9. The van der Waals surface area contributed by atoms with Crippen LogP contribution in [0.3, 0.4) is 0 Å². The fourth-order valence-corrected chi connectivity index (χ4v) is 2.83. The van der Waals surface area contributed by atoms with Crippen LogP contribution in [0.4, 0.5) is 0 Å². The van der Waals surface area contributed by atoms with Crippen molar-refractivity contribution in [3.05, 3.63) is 12.2 Å². The molecule has 17 heavy (non-hydrogen) atoms. The Balaban J connectivity index is 2.43. The minimum Gasteiger partial charge on any atom is -0.393 e. The lowest BCUT2D eigenvalue weighted by atomic mass is 9.80. The Bertz CT molecular complexity index is 243. The summed E-state index contributed by atoms with van der Waals surface area (Å²) < 4.78 is 0. The first-order valence-electron chi connectivity index (χ1n) is 7.08. The quantitative estimate of drug-likeness (QED) is 0.698. The number of hydrogen-bond acceptors (Lipinski definition) is 2. The molecule has 1 fully saturated rings. The van der Waals surface area contributed by atoms with Gasteiger partial charge in [0.05, 0.1) is 11.7 Å². The van der Waals surface area contributed by atoms with E-state index in [1.807, 2.05) is 13.8 Å². The molecule has 1 aliphatic carbocycles. The molecule has 0 aliphatic heterocycles. The summed E-state index contributed by atoms with van der Waals surface area (Å²) >= 11 is 0. The van der Waals surface area contributed by atoms with Crippen LogP contribution in [-0.2, 0) is 0 Å². The largest absolute Gasteiger partial charge is 0.393 e. The summed E-state index contributed by atoms with van der Waals surface area (Å²) in [5, 5.41) is 20.2. The highest BCUT2D eigenvalue weighted by Gasteiger charge is 2.27. The molecule has 2 atom stereocenters. The Kier molecular flexibility index (Phi) is 5.68. The van der Waals surface area contributed by atoms with Crippen molar-refractivity contribution in [2.75, 3.05) is 0 Å². The van der Waals surface area contributed by atoms with Gasteiger partial charge in [-0.1, -0.05) is 38.8 Å². The smallest absolute Gasteiger partial charge is 0.0679 e. The van der Waals surface area contributed by atoms with Crippen LogP contribution in [0.2, 0.25) is 0 Å². The van der Waals surface area contributed by atoms with Crippen molar-refractivity contribution in [1.82, 2.24) is 0 Å². The molecule has 0 saturated heterocycles. The molecule has 0 unspecified atom stereocenters. The van der Waals surface area contributed by atoms with Crippen molar-refractivity contribution in [1.29, 1.82) is 0 Å². The Hall–Kier alpha value is -0.340. The number of rotatable bonds is 6. The lowest BCUT2D eigenvalue weighted by Gasteiger charge is -2.31. The van der Waals surface area contributed by atoms with E-state index >= 15 is 0 Å². The number of hydrogen-bond donors (Lipinski definition) is 2. The molecule has 0 aromatic heterocycles. The topological polar surface area (TPSA) is 40.5 Å². The summed E-state index contributed by atoms with van der Waals surface area (Å²) in [5.74, 6) is 0.370. The van der Waals surface area contributed by atoms with E-state index in [1.165, 1.54) is 6.42 Å². The third-order valence-corrected chi connectivity index (χ3v) is 4.32. The van der Waals surface area contributed by atoms with E-state index in [0.717, 1.165) is 44.1 Å². The highest BCUT2D eigenvalue weighted by Crippen LogP contribution is 2.32. The van der Waals surface area contributed by atoms with E-state index in [0.29, 0.717) is 12.3 Å². The van der Waals surface area contributed by atoms with Gasteiger partial charge in [-0.3, -0.25) is 0 Å². The maximum Gasteiger partial charge on any atom is 0.0679 e. The first kappa shape index (κ1) is 14.7. The van der Waals surface area contributed by atoms with E-state index in [-0.39, 0.29) is 6.10 Å². The molecule has 1 aliphatic rings. The summed E-state index contributed by atoms with van der Waals surface area (Å²) in [6.45, 7) is 8.13. The van der Waals surface area contributed by atoms with Crippen LogP contribution in [0.15, 0.2) is 12.2 Å². The van der Waals surface area contributed by atoms with Crippen LogP contribution in [0, 0.1) is 5.92 Å². The lowest BCUT2D eigenvalue weighted by molar-refractivity contribution is 0.0280. The molecule has 0 amide bonds. The highest BCUT2D eigenvalue weighted by molar-refractivity contribution is 5.03. The zero-order chi connectivity index (χ0) is 12.9. The van der Waals surface area contributed by atoms with E-state index in [4.69, 9.17) is 0 Å². The summed E-state index contributed by atoms with van der Waals surface area (Å²) in [7, 11) is 0. The first-order chi connectivity index (χ1) is 8.00. The van der Waals surface area contributed by atoms with Gasteiger partial charge in [-0.25, -0.2) is 0 Å². The summed E-state index contributed by atoms with van der Waals surface area (Å²) in [5.41, 5.74) is 0.513. The fourth-order valence-electron chi connectivity index (χ4n) is 2.83. The van der Waals surface area contributed by atoms with Gasteiger partial charge >= 0.3 is 0 Å².